The molecule has 1 aliphatic heterocycles. The Bertz CT molecular complexity index is 732. The number of benzene rings is 1. The molecule has 3 rings (SSSR count). The van der Waals surface area contributed by atoms with Crippen molar-refractivity contribution < 1.29 is 14.7 Å². The van der Waals surface area contributed by atoms with Gasteiger partial charge in [0.05, 0.1) is 24.2 Å². The van der Waals surface area contributed by atoms with E-state index in [1.807, 2.05) is 13.8 Å². The molecule has 1 N–H and O–H groups in total. The lowest BCUT2D eigenvalue weighted by atomic mass is 10.1. The molecule has 1 amide bonds. The molecule has 108 valence electrons. The SMILES string of the molecule is Cc1nc(CN2C(=O)Cc3cc(C(=O)O)ccc32)sc1C. The first-order valence-corrected chi connectivity index (χ1v) is 7.37. The summed E-state index contributed by atoms with van der Waals surface area (Å²) in [5.41, 5.74) is 2.76. The fourth-order valence-electron chi connectivity index (χ4n) is 2.43. The van der Waals surface area contributed by atoms with Crippen molar-refractivity contribution in [2.45, 2.75) is 26.8 Å². The summed E-state index contributed by atoms with van der Waals surface area (Å²) in [6.45, 7) is 4.40. The summed E-state index contributed by atoms with van der Waals surface area (Å²) in [5.74, 6) is -0.993. The van der Waals surface area contributed by atoms with E-state index in [4.69, 9.17) is 5.11 Å². The molecule has 0 bridgehead atoms. The molecule has 1 aromatic carbocycles. The molecule has 1 aromatic heterocycles. The highest BCUT2D eigenvalue weighted by Crippen LogP contribution is 2.32. The summed E-state index contributed by atoms with van der Waals surface area (Å²) in [6, 6.07) is 4.82. The molecule has 0 fully saturated rings. The van der Waals surface area contributed by atoms with Gasteiger partial charge in [0.15, 0.2) is 0 Å². The van der Waals surface area contributed by atoms with E-state index in [1.54, 1.807) is 28.4 Å². The van der Waals surface area contributed by atoms with Crippen molar-refractivity contribution in [2.24, 2.45) is 0 Å². The second-order valence-corrected chi connectivity index (χ2v) is 6.34. The Kier molecular flexibility index (Phi) is 3.25. The van der Waals surface area contributed by atoms with E-state index >= 15 is 0 Å². The van der Waals surface area contributed by atoms with Crippen molar-refractivity contribution in [1.82, 2.24) is 4.98 Å². The van der Waals surface area contributed by atoms with Crippen molar-refractivity contribution >= 4 is 28.9 Å². The Morgan fingerprint density at radius 1 is 1.43 bits per heavy atom. The maximum Gasteiger partial charge on any atom is 0.335 e. The van der Waals surface area contributed by atoms with E-state index in [0.717, 1.165) is 26.8 Å². The molecule has 2 heterocycles. The quantitative estimate of drug-likeness (QED) is 0.946. The summed E-state index contributed by atoms with van der Waals surface area (Å²) in [5, 5.41) is 9.91. The predicted molar refractivity (Wildman–Crippen MR) is 79.9 cm³/mol. The normalized spacial score (nSPS) is 13.6. The molecule has 5 nitrogen and oxygen atoms in total. The minimum atomic E-state index is -0.977. The summed E-state index contributed by atoms with van der Waals surface area (Å²) < 4.78 is 0. The fraction of sp³-hybridized carbons (Fsp3) is 0.267. The molecule has 0 unspecified atom stereocenters. The monoisotopic (exact) mass is 302 g/mol. The number of rotatable bonds is 3. The number of aryl methyl sites for hydroxylation is 2. The van der Waals surface area contributed by atoms with Crippen LogP contribution in [0.5, 0.6) is 0 Å². The minimum absolute atomic E-state index is 0.0157. The minimum Gasteiger partial charge on any atom is -0.478 e. The van der Waals surface area contributed by atoms with Crippen LogP contribution in [0.25, 0.3) is 0 Å². The Morgan fingerprint density at radius 3 is 2.81 bits per heavy atom. The van der Waals surface area contributed by atoms with Crippen LogP contribution < -0.4 is 4.90 Å². The number of hydrogen-bond acceptors (Lipinski definition) is 4. The zero-order valence-corrected chi connectivity index (χ0v) is 12.5. The van der Waals surface area contributed by atoms with Crippen LogP contribution in [-0.4, -0.2) is 22.0 Å². The van der Waals surface area contributed by atoms with Crippen molar-refractivity contribution in [1.29, 1.82) is 0 Å². The molecule has 0 radical (unpaired) electrons. The van der Waals surface area contributed by atoms with E-state index in [2.05, 4.69) is 4.98 Å². The van der Waals surface area contributed by atoms with Gasteiger partial charge in [-0.1, -0.05) is 0 Å². The number of aromatic nitrogens is 1. The van der Waals surface area contributed by atoms with Crippen molar-refractivity contribution in [3.8, 4) is 0 Å². The maximum absolute atomic E-state index is 12.2. The van der Waals surface area contributed by atoms with E-state index in [1.165, 1.54) is 6.07 Å². The van der Waals surface area contributed by atoms with Gasteiger partial charge in [-0.05, 0) is 37.6 Å². The molecular weight excluding hydrogens is 288 g/mol. The van der Waals surface area contributed by atoms with Crippen LogP contribution >= 0.6 is 11.3 Å². The van der Waals surface area contributed by atoms with Crippen LogP contribution in [0.2, 0.25) is 0 Å². The number of fused-ring (bicyclic) bond motifs is 1. The van der Waals surface area contributed by atoms with Crippen LogP contribution in [0.1, 0.15) is 31.5 Å². The smallest absolute Gasteiger partial charge is 0.335 e. The second-order valence-electron chi connectivity index (χ2n) is 5.05. The van der Waals surface area contributed by atoms with Gasteiger partial charge in [-0.3, -0.25) is 4.79 Å². The molecule has 0 spiro atoms. The summed E-state index contributed by atoms with van der Waals surface area (Å²) in [4.78, 5) is 30.4. The average Bonchev–Trinajstić information content (AvgIpc) is 2.90. The molecule has 0 saturated carbocycles. The largest absolute Gasteiger partial charge is 0.478 e. The third kappa shape index (κ3) is 2.42. The number of carbonyl (C=O) groups is 2. The van der Waals surface area contributed by atoms with E-state index in [0.29, 0.717) is 6.54 Å². The van der Waals surface area contributed by atoms with Crippen LogP contribution in [0.4, 0.5) is 5.69 Å². The van der Waals surface area contributed by atoms with Crippen molar-refractivity contribution in [2.75, 3.05) is 4.90 Å². The number of carboxylic acids is 1. The lowest BCUT2D eigenvalue weighted by Crippen LogP contribution is -2.25. The first-order chi connectivity index (χ1) is 9.95. The topological polar surface area (TPSA) is 70.5 Å². The number of anilines is 1. The van der Waals surface area contributed by atoms with Gasteiger partial charge in [0.1, 0.15) is 5.01 Å². The molecule has 0 aliphatic carbocycles. The summed E-state index contributed by atoms with van der Waals surface area (Å²) in [7, 11) is 0. The van der Waals surface area contributed by atoms with Crippen LogP contribution in [-0.2, 0) is 17.8 Å². The van der Waals surface area contributed by atoms with Gasteiger partial charge in [-0.15, -0.1) is 11.3 Å². The Balaban J connectivity index is 1.92. The molecule has 1 aliphatic rings. The van der Waals surface area contributed by atoms with E-state index in [9.17, 15) is 9.59 Å². The third-order valence-corrected chi connectivity index (χ3v) is 4.68. The number of aromatic carboxylic acids is 1. The van der Waals surface area contributed by atoms with E-state index < -0.39 is 5.97 Å². The lowest BCUT2D eigenvalue weighted by Gasteiger charge is -2.15. The van der Waals surface area contributed by atoms with Gasteiger partial charge < -0.3 is 10.0 Å². The molecular formula is C15H14N2O3S. The molecule has 2 aromatic rings. The predicted octanol–water partition coefficient (Wildman–Crippen LogP) is 2.55. The number of carbonyl (C=O) groups excluding carboxylic acids is 1. The molecule has 21 heavy (non-hydrogen) atoms. The number of hydrogen-bond donors (Lipinski definition) is 1. The lowest BCUT2D eigenvalue weighted by molar-refractivity contribution is -0.117. The van der Waals surface area contributed by atoms with Gasteiger partial charge in [-0.2, -0.15) is 0 Å². The number of amides is 1. The fourth-order valence-corrected chi connectivity index (χ4v) is 3.35. The van der Waals surface area contributed by atoms with Gasteiger partial charge in [0.2, 0.25) is 5.91 Å². The summed E-state index contributed by atoms with van der Waals surface area (Å²) >= 11 is 1.59. The first kappa shape index (κ1) is 13.8. The first-order valence-electron chi connectivity index (χ1n) is 6.55. The maximum atomic E-state index is 12.2. The Hall–Kier alpha value is -2.21. The van der Waals surface area contributed by atoms with Crippen molar-refractivity contribution in [3.63, 3.8) is 0 Å². The Morgan fingerprint density at radius 2 is 2.19 bits per heavy atom. The van der Waals surface area contributed by atoms with Gasteiger partial charge >= 0.3 is 5.97 Å². The number of nitrogens with zero attached hydrogens (tertiary/aromatic N) is 2. The highest BCUT2D eigenvalue weighted by Gasteiger charge is 2.28. The molecule has 6 heteroatoms. The second kappa shape index (κ2) is 4.96. The standard InChI is InChI=1S/C15H14N2O3S/c1-8-9(2)21-13(16-8)7-17-12-4-3-10(15(19)20)5-11(12)6-14(17)18/h3-5H,6-7H2,1-2H3,(H,19,20). The number of carboxylic acid groups (broad SMARTS) is 1. The summed E-state index contributed by atoms with van der Waals surface area (Å²) in [6.07, 6.45) is 0.250. The van der Waals surface area contributed by atoms with Gasteiger partial charge in [0, 0.05) is 10.6 Å². The van der Waals surface area contributed by atoms with Gasteiger partial charge in [0.25, 0.3) is 0 Å². The third-order valence-electron chi connectivity index (χ3n) is 3.63. The van der Waals surface area contributed by atoms with Crippen LogP contribution in [0, 0.1) is 13.8 Å². The van der Waals surface area contributed by atoms with Crippen molar-refractivity contribution in [3.05, 3.63) is 44.9 Å². The zero-order valence-electron chi connectivity index (χ0n) is 11.7. The molecule has 0 saturated heterocycles. The highest BCUT2D eigenvalue weighted by atomic mass is 32.1. The van der Waals surface area contributed by atoms with Crippen LogP contribution in [0.3, 0.4) is 0 Å². The zero-order chi connectivity index (χ0) is 15.1. The van der Waals surface area contributed by atoms with E-state index in [-0.39, 0.29) is 17.9 Å². The average molecular weight is 302 g/mol. The van der Waals surface area contributed by atoms with Gasteiger partial charge in [-0.25, -0.2) is 9.78 Å². The van der Waals surface area contributed by atoms with Crippen LogP contribution in [0.15, 0.2) is 18.2 Å². The Labute approximate surface area is 125 Å². The molecule has 0 atom stereocenters. The highest BCUT2D eigenvalue weighted by molar-refractivity contribution is 7.11. The number of thiazole rings is 1.